The van der Waals surface area contributed by atoms with E-state index >= 15 is 0 Å². The molecule has 1 saturated heterocycles. The molecule has 0 bridgehead atoms. The molecule has 0 aliphatic carbocycles. The van der Waals surface area contributed by atoms with Gasteiger partial charge in [-0.15, -0.1) is 0 Å². The van der Waals surface area contributed by atoms with E-state index in [0.29, 0.717) is 25.9 Å². The van der Waals surface area contributed by atoms with Gasteiger partial charge in [-0.05, 0) is 18.9 Å². The molecule has 1 aliphatic heterocycles. The van der Waals surface area contributed by atoms with E-state index in [1.54, 1.807) is 7.11 Å². The third-order valence-corrected chi connectivity index (χ3v) is 3.34. The summed E-state index contributed by atoms with van der Waals surface area (Å²) in [5.74, 6) is -2.24. The van der Waals surface area contributed by atoms with Gasteiger partial charge in [0.15, 0.2) is 17.3 Å². The fraction of sp³-hybridized carbons (Fsp3) is 0.500. The van der Waals surface area contributed by atoms with Crippen molar-refractivity contribution in [1.82, 2.24) is 0 Å². The van der Waals surface area contributed by atoms with Gasteiger partial charge >= 0.3 is 0 Å². The molecular formula is C12H14F2N2O3. The Labute approximate surface area is 108 Å². The Morgan fingerprint density at radius 3 is 2.53 bits per heavy atom. The third-order valence-electron chi connectivity index (χ3n) is 3.34. The summed E-state index contributed by atoms with van der Waals surface area (Å²) in [6.45, 7) is 0.805. The van der Waals surface area contributed by atoms with Gasteiger partial charge < -0.3 is 9.64 Å². The zero-order chi connectivity index (χ0) is 14.0. The molecule has 0 aromatic heterocycles. The van der Waals surface area contributed by atoms with Crippen LogP contribution in [0.2, 0.25) is 0 Å². The summed E-state index contributed by atoms with van der Waals surface area (Å²) < 4.78 is 32.3. The highest BCUT2D eigenvalue weighted by Crippen LogP contribution is 2.34. The molecule has 1 aromatic rings. The van der Waals surface area contributed by atoms with Crippen molar-refractivity contribution in [3.05, 3.63) is 33.9 Å². The van der Waals surface area contributed by atoms with Gasteiger partial charge in [-0.25, -0.2) is 8.78 Å². The number of benzene rings is 1. The van der Waals surface area contributed by atoms with Crippen LogP contribution in [0.15, 0.2) is 12.1 Å². The highest BCUT2D eigenvalue weighted by Gasteiger charge is 2.29. The molecule has 1 aliphatic rings. The predicted octanol–water partition coefficient (Wildman–Crippen LogP) is 2.49. The van der Waals surface area contributed by atoms with Gasteiger partial charge in [-0.2, -0.15) is 0 Å². The van der Waals surface area contributed by atoms with E-state index in [0.717, 1.165) is 12.1 Å². The molecule has 1 aromatic carbocycles. The van der Waals surface area contributed by atoms with Crippen LogP contribution in [0.4, 0.5) is 20.2 Å². The molecule has 0 radical (unpaired) electrons. The molecule has 1 heterocycles. The largest absolute Gasteiger partial charge is 0.381 e. The lowest BCUT2D eigenvalue weighted by Gasteiger charge is -2.32. The summed E-state index contributed by atoms with van der Waals surface area (Å²) in [5.41, 5.74) is -0.672. The van der Waals surface area contributed by atoms with Crippen LogP contribution in [-0.2, 0) is 4.74 Å². The molecule has 0 unspecified atom stereocenters. The second-order valence-electron chi connectivity index (χ2n) is 4.41. The van der Waals surface area contributed by atoms with Gasteiger partial charge in [0.25, 0.3) is 5.69 Å². The molecule has 0 atom stereocenters. The number of ether oxygens (including phenoxy) is 1. The molecule has 0 saturated carbocycles. The number of rotatable bonds is 3. The van der Waals surface area contributed by atoms with Crippen molar-refractivity contribution in [2.75, 3.05) is 25.1 Å². The lowest BCUT2D eigenvalue weighted by molar-refractivity contribution is -0.384. The number of anilines is 1. The monoisotopic (exact) mass is 272 g/mol. The summed E-state index contributed by atoms with van der Waals surface area (Å²) in [6.07, 6.45) is 1.32. The number of nitro groups is 1. The zero-order valence-electron chi connectivity index (χ0n) is 10.4. The maximum Gasteiger partial charge on any atom is 0.295 e. The average molecular weight is 272 g/mol. The Kier molecular flexibility index (Phi) is 3.94. The normalized spacial score (nSPS) is 16.7. The van der Waals surface area contributed by atoms with E-state index < -0.39 is 22.2 Å². The van der Waals surface area contributed by atoms with Crippen LogP contribution in [0.5, 0.6) is 0 Å². The molecule has 19 heavy (non-hydrogen) atoms. The molecule has 0 N–H and O–H groups in total. The topological polar surface area (TPSA) is 55.6 Å². The first-order chi connectivity index (χ1) is 9.04. The van der Waals surface area contributed by atoms with Crippen LogP contribution in [-0.4, -0.2) is 31.2 Å². The summed E-state index contributed by atoms with van der Waals surface area (Å²) >= 11 is 0. The van der Waals surface area contributed by atoms with E-state index in [2.05, 4.69) is 0 Å². The maximum absolute atomic E-state index is 13.8. The third kappa shape index (κ3) is 2.65. The SMILES string of the molecule is COC1CCN(c2c([N+](=O)[O-])ccc(F)c2F)CC1. The van der Waals surface area contributed by atoms with Gasteiger partial charge in [0.05, 0.1) is 11.0 Å². The Bertz CT molecular complexity index is 488. The Hall–Kier alpha value is -1.76. The molecule has 0 spiro atoms. The Balaban J connectivity index is 2.33. The lowest BCUT2D eigenvalue weighted by atomic mass is 10.1. The fourth-order valence-electron chi connectivity index (χ4n) is 2.29. The maximum atomic E-state index is 13.8. The summed E-state index contributed by atoms with van der Waals surface area (Å²) in [5, 5.41) is 10.9. The number of halogens is 2. The summed E-state index contributed by atoms with van der Waals surface area (Å²) in [7, 11) is 1.59. The van der Waals surface area contributed by atoms with Crippen molar-refractivity contribution in [3.8, 4) is 0 Å². The van der Waals surface area contributed by atoms with Crippen LogP contribution in [0, 0.1) is 21.7 Å². The number of nitro benzene ring substituents is 1. The van der Waals surface area contributed by atoms with Gasteiger partial charge in [0.1, 0.15) is 0 Å². The van der Waals surface area contributed by atoms with E-state index in [9.17, 15) is 18.9 Å². The highest BCUT2D eigenvalue weighted by molar-refractivity contribution is 5.64. The Morgan fingerprint density at radius 2 is 2.00 bits per heavy atom. The summed E-state index contributed by atoms with van der Waals surface area (Å²) in [4.78, 5) is 11.7. The minimum atomic E-state index is -1.16. The standard InChI is InChI=1S/C12H14F2N2O3/c1-19-8-4-6-15(7-5-8)12-10(16(17)18)3-2-9(13)11(12)14/h2-3,8H,4-7H2,1H3. The first-order valence-electron chi connectivity index (χ1n) is 5.94. The first kappa shape index (κ1) is 13.7. The van der Waals surface area contributed by atoms with Gasteiger partial charge in [0, 0.05) is 26.3 Å². The van der Waals surface area contributed by atoms with Gasteiger partial charge in [0.2, 0.25) is 0 Å². The molecule has 7 heteroatoms. The molecule has 5 nitrogen and oxygen atoms in total. The van der Waals surface area contributed by atoms with Gasteiger partial charge in [-0.3, -0.25) is 10.1 Å². The molecule has 2 rings (SSSR count). The number of hydrogen-bond donors (Lipinski definition) is 0. The smallest absolute Gasteiger partial charge is 0.295 e. The second-order valence-corrected chi connectivity index (χ2v) is 4.41. The highest BCUT2D eigenvalue weighted by atomic mass is 19.2. The zero-order valence-corrected chi connectivity index (χ0v) is 10.4. The van der Waals surface area contributed by atoms with Crippen LogP contribution in [0.25, 0.3) is 0 Å². The number of hydrogen-bond acceptors (Lipinski definition) is 4. The Morgan fingerprint density at radius 1 is 1.37 bits per heavy atom. The van der Waals surface area contributed by atoms with Crippen LogP contribution >= 0.6 is 0 Å². The molecular weight excluding hydrogens is 258 g/mol. The van der Waals surface area contributed by atoms with Crippen molar-refractivity contribution in [2.45, 2.75) is 18.9 Å². The number of piperidine rings is 1. The van der Waals surface area contributed by atoms with Gasteiger partial charge in [-0.1, -0.05) is 0 Å². The quantitative estimate of drug-likeness (QED) is 0.626. The minimum Gasteiger partial charge on any atom is -0.381 e. The molecule has 104 valence electrons. The van der Waals surface area contributed by atoms with Crippen LogP contribution < -0.4 is 4.90 Å². The lowest BCUT2D eigenvalue weighted by Crippen LogP contribution is -2.37. The van der Waals surface area contributed by atoms with E-state index in [1.165, 1.54) is 4.90 Å². The van der Waals surface area contributed by atoms with Crippen LogP contribution in [0.1, 0.15) is 12.8 Å². The number of nitrogens with zero attached hydrogens (tertiary/aromatic N) is 2. The minimum absolute atomic E-state index is 0.0620. The van der Waals surface area contributed by atoms with Crippen molar-refractivity contribution in [3.63, 3.8) is 0 Å². The first-order valence-corrected chi connectivity index (χ1v) is 5.94. The van der Waals surface area contributed by atoms with Crippen molar-refractivity contribution in [2.24, 2.45) is 0 Å². The average Bonchev–Trinajstić information content (AvgIpc) is 2.41. The van der Waals surface area contributed by atoms with E-state index in [1.807, 2.05) is 0 Å². The fourth-order valence-corrected chi connectivity index (χ4v) is 2.29. The van der Waals surface area contributed by atoms with Crippen molar-refractivity contribution in [1.29, 1.82) is 0 Å². The van der Waals surface area contributed by atoms with E-state index in [-0.39, 0.29) is 11.8 Å². The second kappa shape index (κ2) is 5.48. The van der Waals surface area contributed by atoms with Crippen LogP contribution in [0.3, 0.4) is 0 Å². The number of methoxy groups -OCH3 is 1. The van der Waals surface area contributed by atoms with E-state index in [4.69, 9.17) is 4.74 Å². The molecule has 1 fully saturated rings. The molecule has 0 amide bonds. The van der Waals surface area contributed by atoms with Crippen molar-refractivity contribution < 1.29 is 18.4 Å². The predicted molar refractivity (Wildman–Crippen MR) is 65.3 cm³/mol. The summed E-state index contributed by atoms with van der Waals surface area (Å²) in [6, 6.07) is 1.77. The van der Waals surface area contributed by atoms with Crippen molar-refractivity contribution >= 4 is 11.4 Å².